The molecule has 0 spiro atoms. The van der Waals surface area contributed by atoms with E-state index in [-0.39, 0.29) is 12.5 Å². The third-order valence-electron chi connectivity index (χ3n) is 2.37. The lowest BCUT2D eigenvalue weighted by Crippen LogP contribution is -2.44. The molecule has 1 aliphatic heterocycles. The Balaban J connectivity index is 1.97. The second-order valence-corrected chi connectivity index (χ2v) is 4.04. The number of amides is 1. The van der Waals surface area contributed by atoms with Gasteiger partial charge in [-0.3, -0.25) is 4.79 Å². The average Bonchev–Trinajstić information content (AvgIpc) is 2.35. The predicted octanol–water partition coefficient (Wildman–Crippen LogP) is 1.52. The number of hydrogen-bond donors (Lipinski definition) is 1. The molecule has 2 rings (SSSR count). The van der Waals surface area contributed by atoms with Crippen LogP contribution in [0.4, 0.5) is 0 Å². The zero-order valence-electron chi connectivity index (χ0n) is 9.73. The van der Waals surface area contributed by atoms with Gasteiger partial charge in [-0.25, -0.2) is 0 Å². The molecule has 1 aromatic carbocycles. The summed E-state index contributed by atoms with van der Waals surface area (Å²) in [6, 6.07) is 7.31. The molecule has 1 heterocycles. The van der Waals surface area contributed by atoms with Gasteiger partial charge in [0.05, 0.1) is 0 Å². The van der Waals surface area contributed by atoms with Crippen LogP contribution in [0.15, 0.2) is 36.4 Å². The van der Waals surface area contributed by atoms with Gasteiger partial charge in [-0.05, 0) is 19.1 Å². The summed E-state index contributed by atoms with van der Waals surface area (Å²) in [6.45, 7) is 6.27. The van der Waals surface area contributed by atoms with Gasteiger partial charge in [0, 0.05) is 6.54 Å². The highest BCUT2D eigenvalue weighted by atomic mass is 16.6. The van der Waals surface area contributed by atoms with Crippen molar-refractivity contribution in [2.45, 2.75) is 13.0 Å². The first-order chi connectivity index (χ1) is 8.16. The molecule has 0 aromatic heterocycles. The maximum Gasteiger partial charge on any atom is 0.264 e. The maximum absolute atomic E-state index is 11.8. The lowest BCUT2D eigenvalue weighted by molar-refractivity contribution is -0.130. The topological polar surface area (TPSA) is 47.6 Å². The maximum atomic E-state index is 11.8. The molecule has 0 bridgehead atoms. The summed E-state index contributed by atoms with van der Waals surface area (Å²) in [5, 5.41) is 2.74. The van der Waals surface area contributed by atoms with E-state index in [0.717, 1.165) is 5.57 Å². The van der Waals surface area contributed by atoms with Crippen LogP contribution in [-0.4, -0.2) is 25.2 Å². The van der Waals surface area contributed by atoms with Crippen molar-refractivity contribution in [3.05, 3.63) is 36.4 Å². The van der Waals surface area contributed by atoms with Crippen LogP contribution in [0.3, 0.4) is 0 Å². The molecule has 0 saturated heterocycles. The average molecular weight is 233 g/mol. The molecular weight excluding hydrogens is 218 g/mol. The molecule has 0 aliphatic carbocycles. The molecule has 1 atom stereocenters. The number of carbonyl (C=O) groups is 1. The SMILES string of the molecule is C=C(C)CNC(=O)C1COc2ccccc2O1. The first-order valence-electron chi connectivity index (χ1n) is 5.47. The molecule has 90 valence electrons. The molecule has 0 fully saturated rings. The van der Waals surface area contributed by atoms with Gasteiger partial charge in [-0.1, -0.05) is 24.3 Å². The third kappa shape index (κ3) is 2.78. The predicted molar refractivity (Wildman–Crippen MR) is 64.2 cm³/mol. The molecular formula is C13H15NO3. The molecule has 0 radical (unpaired) electrons. The fourth-order valence-corrected chi connectivity index (χ4v) is 1.50. The molecule has 4 heteroatoms. The smallest absolute Gasteiger partial charge is 0.264 e. The van der Waals surface area contributed by atoms with Crippen molar-refractivity contribution in [2.24, 2.45) is 0 Å². The van der Waals surface area contributed by atoms with Crippen molar-refractivity contribution >= 4 is 5.91 Å². The van der Waals surface area contributed by atoms with E-state index in [1.807, 2.05) is 25.1 Å². The Hall–Kier alpha value is -1.97. The van der Waals surface area contributed by atoms with E-state index in [9.17, 15) is 4.79 Å². The lowest BCUT2D eigenvalue weighted by atomic mass is 10.2. The summed E-state index contributed by atoms with van der Waals surface area (Å²) >= 11 is 0. The fraction of sp³-hybridized carbons (Fsp3) is 0.308. The number of benzene rings is 1. The van der Waals surface area contributed by atoms with Crippen LogP contribution in [0.5, 0.6) is 11.5 Å². The lowest BCUT2D eigenvalue weighted by Gasteiger charge is -2.25. The summed E-state index contributed by atoms with van der Waals surface area (Å²) in [7, 11) is 0. The zero-order chi connectivity index (χ0) is 12.3. The van der Waals surface area contributed by atoms with E-state index in [1.54, 1.807) is 6.07 Å². The quantitative estimate of drug-likeness (QED) is 0.805. The van der Waals surface area contributed by atoms with E-state index in [1.165, 1.54) is 0 Å². The van der Waals surface area contributed by atoms with Crippen molar-refractivity contribution in [1.29, 1.82) is 0 Å². The van der Waals surface area contributed by atoms with Crippen LogP contribution < -0.4 is 14.8 Å². The van der Waals surface area contributed by atoms with E-state index < -0.39 is 6.10 Å². The Morgan fingerprint density at radius 2 is 2.18 bits per heavy atom. The van der Waals surface area contributed by atoms with Gasteiger partial charge in [0.2, 0.25) is 6.10 Å². The highest BCUT2D eigenvalue weighted by molar-refractivity contribution is 5.82. The molecule has 1 amide bonds. The summed E-state index contributed by atoms with van der Waals surface area (Å²) < 4.78 is 11.0. The van der Waals surface area contributed by atoms with Gasteiger partial charge >= 0.3 is 0 Å². The number of fused-ring (bicyclic) bond motifs is 1. The molecule has 0 saturated carbocycles. The fourth-order valence-electron chi connectivity index (χ4n) is 1.50. The molecule has 1 unspecified atom stereocenters. The second kappa shape index (κ2) is 4.91. The van der Waals surface area contributed by atoms with E-state index in [2.05, 4.69) is 11.9 Å². The Bertz CT molecular complexity index is 442. The number of hydrogen-bond acceptors (Lipinski definition) is 3. The largest absolute Gasteiger partial charge is 0.485 e. The van der Waals surface area contributed by atoms with Crippen LogP contribution in [0.25, 0.3) is 0 Å². The standard InChI is InChI=1S/C13H15NO3/c1-9(2)7-14-13(15)12-8-16-10-5-3-4-6-11(10)17-12/h3-6,12H,1,7-8H2,2H3,(H,14,15). The van der Waals surface area contributed by atoms with Gasteiger partial charge < -0.3 is 14.8 Å². The van der Waals surface area contributed by atoms with Gasteiger partial charge in [0.25, 0.3) is 5.91 Å². The number of carbonyl (C=O) groups excluding carboxylic acids is 1. The van der Waals surface area contributed by atoms with Crippen molar-refractivity contribution in [2.75, 3.05) is 13.2 Å². The summed E-state index contributed by atoms with van der Waals surface area (Å²) in [6.07, 6.45) is -0.593. The van der Waals surface area contributed by atoms with Crippen molar-refractivity contribution < 1.29 is 14.3 Å². The monoisotopic (exact) mass is 233 g/mol. The Morgan fingerprint density at radius 1 is 1.47 bits per heavy atom. The minimum Gasteiger partial charge on any atom is -0.485 e. The van der Waals surface area contributed by atoms with Crippen LogP contribution in [0.1, 0.15) is 6.92 Å². The van der Waals surface area contributed by atoms with Crippen molar-refractivity contribution in [3.8, 4) is 11.5 Å². The minimum atomic E-state index is -0.593. The molecule has 4 nitrogen and oxygen atoms in total. The summed E-state index contributed by atoms with van der Waals surface area (Å²) in [5.74, 6) is 1.10. The number of para-hydroxylation sites is 2. The number of rotatable bonds is 3. The van der Waals surface area contributed by atoms with Crippen LogP contribution in [0.2, 0.25) is 0 Å². The van der Waals surface area contributed by atoms with Gasteiger partial charge in [0.1, 0.15) is 6.61 Å². The molecule has 1 N–H and O–H groups in total. The molecule has 17 heavy (non-hydrogen) atoms. The van der Waals surface area contributed by atoms with Crippen LogP contribution in [0, 0.1) is 0 Å². The summed E-state index contributed by atoms with van der Waals surface area (Å²) in [4.78, 5) is 11.8. The van der Waals surface area contributed by atoms with Gasteiger partial charge in [-0.2, -0.15) is 0 Å². The number of ether oxygens (including phenoxy) is 2. The Morgan fingerprint density at radius 3 is 2.88 bits per heavy atom. The van der Waals surface area contributed by atoms with Crippen LogP contribution >= 0.6 is 0 Å². The van der Waals surface area contributed by atoms with Crippen molar-refractivity contribution in [1.82, 2.24) is 5.32 Å². The number of nitrogens with one attached hydrogen (secondary N) is 1. The van der Waals surface area contributed by atoms with Gasteiger partial charge in [-0.15, -0.1) is 0 Å². The molecule has 1 aromatic rings. The highest BCUT2D eigenvalue weighted by Gasteiger charge is 2.26. The third-order valence-corrected chi connectivity index (χ3v) is 2.37. The Labute approximate surface area is 100 Å². The van der Waals surface area contributed by atoms with Crippen LogP contribution in [-0.2, 0) is 4.79 Å². The van der Waals surface area contributed by atoms with E-state index >= 15 is 0 Å². The summed E-state index contributed by atoms with van der Waals surface area (Å²) in [5.41, 5.74) is 0.899. The van der Waals surface area contributed by atoms with Crippen molar-refractivity contribution in [3.63, 3.8) is 0 Å². The van der Waals surface area contributed by atoms with E-state index in [4.69, 9.17) is 9.47 Å². The first-order valence-corrected chi connectivity index (χ1v) is 5.47. The molecule has 1 aliphatic rings. The highest BCUT2D eigenvalue weighted by Crippen LogP contribution is 2.30. The first kappa shape index (κ1) is 11.5. The van der Waals surface area contributed by atoms with Gasteiger partial charge in [0.15, 0.2) is 11.5 Å². The Kier molecular flexibility index (Phi) is 3.32. The minimum absolute atomic E-state index is 0.178. The zero-order valence-corrected chi connectivity index (χ0v) is 9.73. The normalized spacial score (nSPS) is 17.4. The van der Waals surface area contributed by atoms with E-state index in [0.29, 0.717) is 18.0 Å². The second-order valence-electron chi connectivity index (χ2n) is 4.04.